The quantitative estimate of drug-likeness (QED) is 0.416. The van der Waals surface area contributed by atoms with Crippen LogP contribution in [0.1, 0.15) is 12.5 Å². The molecule has 1 aromatic carbocycles. The van der Waals surface area contributed by atoms with Crippen molar-refractivity contribution in [2.24, 2.45) is 0 Å². The molecule has 0 radical (unpaired) electrons. The van der Waals surface area contributed by atoms with Crippen LogP contribution in [0, 0.1) is 0 Å². The maximum atomic E-state index is 10.3. The van der Waals surface area contributed by atoms with Gasteiger partial charge in [-0.25, -0.2) is 4.79 Å². The van der Waals surface area contributed by atoms with Crippen LogP contribution in [0.5, 0.6) is 0 Å². The second kappa shape index (κ2) is 5.94. The first-order chi connectivity index (χ1) is 6.79. The highest BCUT2D eigenvalue weighted by molar-refractivity contribution is 5.65. The largest absolute Gasteiger partial charge is 0.339 e. The van der Waals surface area contributed by atoms with E-state index >= 15 is 0 Å². The van der Waals surface area contributed by atoms with Gasteiger partial charge in [0.1, 0.15) is 6.61 Å². The Kier molecular flexibility index (Phi) is 4.44. The summed E-state index contributed by atoms with van der Waals surface area (Å²) in [7, 11) is 0. The van der Waals surface area contributed by atoms with Crippen molar-refractivity contribution in [3.63, 3.8) is 0 Å². The first kappa shape index (κ1) is 10.5. The Morgan fingerprint density at radius 2 is 2.07 bits per heavy atom. The summed E-state index contributed by atoms with van der Waals surface area (Å²) in [6.45, 7) is 1.55. The van der Waals surface area contributed by atoms with Crippen LogP contribution >= 0.6 is 0 Å². The monoisotopic (exact) mass is 192 g/mol. The molecule has 0 aliphatic rings. The second-order valence-electron chi connectivity index (χ2n) is 2.67. The zero-order valence-corrected chi connectivity index (χ0v) is 7.97. The van der Waals surface area contributed by atoms with E-state index in [1.54, 1.807) is 6.08 Å². The van der Waals surface area contributed by atoms with Gasteiger partial charge in [0.15, 0.2) is 0 Å². The molecule has 0 saturated heterocycles. The predicted molar refractivity (Wildman–Crippen MR) is 53.2 cm³/mol. The van der Waals surface area contributed by atoms with Gasteiger partial charge in [-0.1, -0.05) is 42.5 Å². The zero-order valence-electron chi connectivity index (χ0n) is 7.97. The van der Waals surface area contributed by atoms with E-state index < -0.39 is 5.97 Å². The first-order valence-electron chi connectivity index (χ1n) is 4.30. The molecule has 0 atom stereocenters. The van der Waals surface area contributed by atoms with E-state index in [0.29, 0.717) is 0 Å². The molecular weight excluding hydrogens is 180 g/mol. The van der Waals surface area contributed by atoms with E-state index in [2.05, 4.69) is 9.78 Å². The smallest absolute Gasteiger partial charge is 0.298 e. The van der Waals surface area contributed by atoms with Crippen LogP contribution in [-0.4, -0.2) is 12.6 Å². The molecule has 0 aliphatic heterocycles. The number of carbonyl (C=O) groups is 1. The fourth-order valence-electron chi connectivity index (χ4n) is 0.905. The minimum Gasteiger partial charge on any atom is -0.298 e. The fourth-order valence-corrected chi connectivity index (χ4v) is 0.905. The minimum absolute atomic E-state index is 0.258. The summed E-state index contributed by atoms with van der Waals surface area (Å²) < 4.78 is 0. The van der Waals surface area contributed by atoms with Crippen molar-refractivity contribution in [3.8, 4) is 0 Å². The van der Waals surface area contributed by atoms with Crippen LogP contribution < -0.4 is 0 Å². The van der Waals surface area contributed by atoms with Crippen LogP contribution in [-0.2, 0) is 14.6 Å². The van der Waals surface area contributed by atoms with Gasteiger partial charge in [0.2, 0.25) is 0 Å². The lowest BCUT2D eigenvalue weighted by molar-refractivity contribution is -0.263. The third-order valence-corrected chi connectivity index (χ3v) is 1.45. The average Bonchev–Trinajstić information content (AvgIpc) is 2.18. The van der Waals surface area contributed by atoms with Crippen LogP contribution in [0.2, 0.25) is 0 Å². The standard InChI is InChI=1S/C11H12O3/c1-10(12)14-13-9-5-8-11-6-3-2-4-7-11/h2-8H,9H2,1H3. The van der Waals surface area contributed by atoms with Crippen LogP contribution in [0.4, 0.5) is 0 Å². The second-order valence-corrected chi connectivity index (χ2v) is 2.67. The van der Waals surface area contributed by atoms with Gasteiger partial charge in [0.25, 0.3) is 0 Å². The Morgan fingerprint density at radius 3 is 2.71 bits per heavy atom. The summed E-state index contributed by atoms with van der Waals surface area (Å²) in [4.78, 5) is 19.2. The summed E-state index contributed by atoms with van der Waals surface area (Å²) in [5.41, 5.74) is 1.08. The summed E-state index contributed by atoms with van der Waals surface area (Å²) in [5, 5.41) is 0. The fraction of sp³-hybridized carbons (Fsp3) is 0.182. The summed E-state index contributed by atoms with van der Waals surface area (Å²) in [6.07, 6.45) is 3.67. The van der Waals surface area contributed by atoms with E-state index in [1.807, 2.05) is 36.4 Å². The number of carbonyl (C=O) groups excluding carboxylic acids is 1. The molecule has 14 heavy (non-hydrogen) atoms. The first-order valence-corrected chi connectivity index (χ1v) is 4.30. The average molecular weight is 192 g/mol. The maximum Gasteiger partial charge on any atom is 0.339 e. The zero-order chi connectivity index (χ0) is 10.2. The Balaban J connectivity index is 2.25. The molecule has 0 aliphatic carbocycles. The Morgan fingerprint density at radius 1 is 1.36 bits per heavy atom. The van der Waals surface area contributed by atoms with E-state index in [0.717, 1.165) is 5.56 Å². The highest BCUT2D eigenvalue weighted by atomic mass is 17.2. The molecule has 0 spiro atoms. The molecule has 0 heterocycles. The number of hydrogen-bond donors (Lipinski definition) is 0. The summed E-state index contributed by atoms with van der Waals surface area (Å²) in [6, 6.07) is 9.80. The van der Waals surface area contributed by atoms with Gasteiger partial charge in [0, 0.05) is 6.92 Å². The van der Waals surface area contributed by atoms with Gasteiger partial charge in [-0.05, 0) is 5.56 Å². The molecule has 74 valence electrons. The van der Waals surface area contributed by atoms with Gasteiger partial charge in [0.05, 0.1) is 0 Å². The molecule has 0 bridgehead atoms. The van der Waals surface area contributed by atoms with Gasteiger partial charge in [-0.2, -0.15) is 4.89 Å². The van der Waals surface area contributed by atoms with Crippen LogP contribution in [0.25, 0.3) is 6.08 Å². The molecule has 0 unspecified atom stereocenters. The Bertz CT molecular complexity index is 304. The van der Waals surface area contributed by atoms with Gasteiger partial charge < -0.3 is 0 Å². The van der Waals surface area contributed by atoms with Gasteiger partial charge in [-0.3, -0.25) is 4.89 Å². The predicted octanol–water partition coefficient (Wildman–Crippen LogP) is 2.19. The molecule has 0 amide bonds. The van der Waals surface area contributed by atoms with Crippen molar-refractivity contribution in [1.82, 2.24) is 0 Å². The lowest BCUT2D eigenvalue weighted by Gasteiger charge is -1.96. The van der Waals surface area contributed by atoms with Crippen molar-refractivity contribution in [2.75, 3.05) is 6.61 Å². The van der Waals surface area contributed by atoms with E-state index in [1.165, 1.54) is 6.92 Å². The molecule has 1 rings (SSSR count). The van der Waals surface area contributed by atoms with Crippen molar-refractivity contribution in [3.05, 3.63) is 42.0 Å². The highest BCUT2D eigenvalue weighted by Gasteiger charge is 1.89. The van der Waals surface area contributed by atoms with E-state index in [9.17, 15) is 4.79 Å². The normalized spacial score (nSPS) is 10.4. The van der Waals surface area contributed by atoms with E-state index in [4.69, 9.17) is 0 Å². The third kappa shape index (κ3) is 4.42. The molecule has 0 fully saturated rings. The number of hydrogen-bond acceptors (Lipinski definition) is 3. The Hall–Kier alpha value is -1.61. The minimum atomic E-state index is -0.446. The molecule has 0 N–H and O–H groups in total. The van der Waals surface area contributed by atoms with Gasteiger partial charge >= 0.3 is 5.97 Å². The SMILES string of the molecule is CC(=O)OOCC=Cc1ccccc1. The molecule has 0 saturated carbocycles. The third-order valence-electron chi connectivity index (χ3n) is 1.45. The van der Waals surface area contributed by atoms with Crippen molar-refractivity contribution in [2.45, 2.75) is 6.92 Å². The molecule has 3 nitrogen and oxygen atoms in total. The summed E-state index contributed by atoms with van der Waals surface area (Å²) in [5.74, 6) is -0.446. The van der Waals surface area contributed by atoms with Crippen molar-refractivity contribution >= 4 is 12.0 Å². The maximum absolute atomic E-state index is 10.3. The number of rotatable bonds is 4. The molecule has 1 aromatic rings. The Labute approximate surface area is 82.9 Å². The van der Waals surface area contributed by atoms with Crippen LogP contribution in [0.15, 0.2) is 36.4 Å². The summed E-state index contributed by atoms with van der Waals surface area (Å²) >= 11 is 0. The van der Waals surface area contributed by atoms with Crippen molar-refractivity contribution in [1.29, 1.82) is 0 Å². The van der Waals surface area contributed by atoms with Gasteiger partial charge in [-0.15, -0.1) is 0 Å². The van der Waals surface area contributed by atoms with E-state index in [-0.39, 0.29) is 6.61 Å². The lowest BCUT2D eigenvalue weighted by atomic mass is 10.2. The highest BCUT2D eigenvalue weighted by Crippen LogP contribution is 2.00. The molecular formula is C11H12O3. The van der Waals surface area contributed by atoms with Crippen molar-refractivity contribution < 1.29 is 14.6 Å². The molecule has 3 heteroatoms. The molecule has 0 aromatic heterocycles. The number of benzene rings is 1. The van der Waals surface area contributed by atoms with Crippen LogP contribution in [0.3, 0.4) is 0 Å². The topological polar surface area (TPSA) is 35.5 Å². The lowest BCUT2D eigenvalue weighted by Crippen LogP contribution is -1.99.